The second-order valence-corrected chi connectivity index (χ2v) is 8.92. The van der Waals surface area contributed by atoms with Crippen molar-refractivity contribution in [3.63, 3.8) is 0 Å². The minimum absolute atomic E-state index is 0.0579. The van der Waals surface area contributed by atoms with E-state index in [4.69, 9.17) is 22.9 Å². The number of nitrogens with one attached hydrogen (secondary N) is 2. The molecular formula is C24H50N6O3. The van der Waals surface area contributed by atoms with Gasteiger partial charge in [0.2, 0.25) is 17.7 Å². The largest absolute Gasteiger partial charge is 0.368 e. The maximum absolute atomic E-state index is 12.0. The first-order valence-electron chi connectivity index (χ1n) is 12.9. The van der Waals surface area contributed by atoms with Crippen LogP contribution in [-0.4, -0.2) is 49.4 Å². The molecule has 0 rings (SSSR count). The first-order valence-corrected chi connectivity index (χ1v) is 12.9. The molecule has 10 N–H and O–H groups in total. The average Bonchev–Trinajstić information content (AvgIpc) is 2.79. The van der Waals surface area contributed by atoms with Crippen LogP contribution in [0.1, 0.15) is 103 Å². The number of carbonyl (C=O) groups is 3. The van der Waals surface area contributed by atoms with E-state index in [0.717, 1.165) is 57.8 Å². The molecular weight excluding hydrogens is 420 g/mol. The summed E-state index contributed by atoms with van der Waals surface area (Å²) in [7, 11) is 0. The number of hydrogen-bond acceptors (Lipinski definition) is 6. The molecule has 2 unspecified atom stereocenters. The Bertz CT molecular complexity index is 518. The fraction of sp³-hybridized carbons (Fsp3) is 0.875. The van der Waals surface area contributed by atoms with Crippen molar-refractivity contribution < 1.29 is 14.4 Å². The molecule has 0 aliphatic carbocycles. The lowest BCUT2D eigenvalue weighted by molar-refractivity contribution is -0.127. The third-order valence-electron chi connectivity index (χ3n) is 5.81. The molecule has 0 aliphatic rings. The fourth-order valence-electron chi connectivity index (χ4n) is 3.68. The van der Waals surface area contributed by atoms with Crippen LogP contribution < -0.4 is 33.6 Å². The van der Waals surface area contributed by atoms with Gasteiger partial charge in [-0.3, -0.25) is 14.4 Å². The lowest BCUT2D eigenvalue weighted by atomic mass is 10.1. The van der Waals surface area contributed by atoms with Gasteiger partial charge in [0.25, 0.3) is 0 Å². The zero-order valence-electron chi connectivity index (χ0n) is 20.6. The Labute approximate surface area is 200 Å². The maximum Gasteiger partial charge on any atom is 0.239 e. The Morgan fingerprint density at radius 1 is 0.667 bits per heavy atom. The van der Waals surface area contributed by atoms with Crippen LogP contribution >= 0.6 is 0 Å². The fourth-order valence-corrected chi connectivity index (χ4v) is 3.68. The molecule has 0 bridgehead atoms. The highest BCUT2D eigenvalue weighted by molar-refractivity contribution is 5.86. The Hall–Kier alpha value is -1.71. The summed E-state index contributed by atoms with van der Waals surface area (Å²) in [5.41, 5.74) is 22.1. The van der Waals surface area contributed by atoms with Crippen LogP contribution in [0.15, 0.2) is 0 Å². The summed E-state index contributed by atoms with van der Waals surface area (Å²) < 4.78 is 0. The quantitative estimate of drug-likeness (QED) is 0.123. The first-order chi connectivity index (χ1) is 15.9. The summed E-state index contributed by atoms with van der Waals surface area (Å²) in [6.07, 6.45) is 14.8. The normalized spacial score (nSPS) is 12.8. The molecule has 0 aliphatic heterocycles. The number of hydrogen-bond donors (Lipinski definition) is 6. The van der Waals surface area contributed by atoms with Gasteiger partial charge in [-0.1, -0.05) is 51.4 Å². The number of nitrogens with two attached hydrogens (primary N) is 4. The molecule has 0 radical (unpaired) electrons. The Kier molecular flexibility index (Phi) is 21.0. The van der Waals surface area contributed by atoms with Gasteiger partial charge in [-0.15, -0.1) is 0 Å². The van der Waals surface area contributed by atoms with E-state index in [1.165, 1.54) is 25.7 Å². The van der Waals surface area contributed by atoms with Crippen molar-refractivity contribution in [3.05, 3.63) is 0 Å². The van der Waals surface area contributed by atoms with E-state index in [0.29, 0.717) is 38.9 Å². The van der Waals surface area contributed by atoms with Crippen LogP contribution in [0.25, 0.3) is 0 Å². The Balaban J connectivity index is 3.54. The molecule has 9 heteroatoms. The highest BCUT2D eigenvalue weighted by Gasteiger charge is 2.17. The van der Waals surface area contributed by atoms with E-state index in [2.05, 4.69) is 10.6 Å². The molecule has 0 aromatic carbocycles. The van der Waals surface area contributed by atoms with Crippen molar-refractivity contribution in [1.82, 2.24) is 10.6 Å². The van der Waals surface area contributed by atoms with Crippen LogP contribution in [0, 0.1) is 0 Å². The summed E-state index contributed by atoms with van der Waals surface area (Å²) in [5.74, 6) is -0.641. The number of carbonyl (C=O) groups excluding carboxylic acids is 3. The Morgan fingerprint density at radius 2 is 1.18 bits per heavy atom. The van der Waals surface area contributed by atoms with Crippen molar-refractivity contribution in [2.75, 3.05) is 19.6 Å². The van der Waals surface area contributed by atoms with Crippen molar-refractivity contribution in [2.45, 2.75) is 115 Å². The third-order valence-corrected chi connectivity index (χ3v) is 5.81. The second-order valence-electron chi connectivity index (χ2n) is 8.92. The molecule has 0 saturated heterocycles. The predicted octanol–water partition coefficient (Wildman–Crippen LogP) is 1.56. The van der Waals surface area contributed by atoms with Crippen LogP contribution in [-0.2, 0) is 14.4 Å². The maximum atomic E-state index is 12.0. The van der Waals surface area contributed by atoms with Crippen LogP contribution in [0.2, 0.25) is 0 Å². The molecule has 0 aromatic rings. The summed E-state index contributed by atoms with van der Waals surface area (Å²) in [6, 6.07) is -1.01. The van der Waals surface area contributed by atoms with E-state index < -0.39 is 18.0 Å². The van der Waals surface area contributed by atoms with E-state index in [1.807, 2.05) is 0 Å². The highest BCUT2D eigenvalue weighted by Crippen LogP contribution is 2.11. The third kappa shape index (κ3) is 19.5. The molecule has 33 heavy (non-hydrogen) atoms. The number of rotatable bonds is 23. The second kappa shape index (κ2) is 22.1. The lowest BCUT2D eigenvalue weighted by Gasteiger charge is -2.15. The van der Waals surface area contributed by atoms with E-state index in [-0.39, 0.29) is 11.8 Å². The van der Waals surface area contributed by atoms with E-state index in [9.17, 15) is 14.4 Å². The topological polar surface area (TPSA) is 179 Å². The minimum Gasteiger partial charge on any atom is -0.368 e. The molecule has 9 nitrogen and oxygen atoms in total. The summed E-state index contributed by atoms with van der Waals surface area (Å²) >= 11 is 0. The van der Waals surface area contributed by atoms with Gasteiger partial charge in [0.15, 0.2) is 0 Å². The highest BCUT2D eigenvalue weighted by atomic mass is 16.2. The molecule has 0 saturated carbocycles. The van der Waals surface area contributed by atoms with Crippen molar-refractivity contribution in [3.8, 4) is 0 Å². The van der Waals surface area contributed by atoms with Gasteiger partial charge < -0.3 is 33.6 Å². The SMILES string of the molecule is NCCCCC(N)C(=O)NCCCCCCCCCCCC(=O)NC(CCCCN)C(N)=O. The number of primary amides is 1. The van der Waals surface area contributed by atoms with Crippen LogP contribution in [0.5, 0.6) is 0 Å². The predicted molar refractivity (Wildman–Crippen MR) is 134 cm³/mol. The monoisotopic (exact) mass is 470 g/mol. The van der Waals surface area contributed by atoms with Gasteiger partial charge in [0.05, 0.1) is 6.04 Å². The summed E-state index contributed by atoms with van der Waals surface area (Å²) in [4.78, 5) is 35.3. The van der Waals surface area contributed by atoms with Crippen molar-refractivity contribution in [1.29, 1.82) is 0 Å². The number of amides is 3. The van der Waals surface area contributed by atoms with Gasteiger partial charge in [0.1, 0.15) is 6.04 Å². The summed E-state index contributed by atoms with van der Waals surface area (Å²) in [5, 5.41) is 5.66. The molecule has 0 heterocycles. The van der Waals surface area contributed by atoms with Crippen LogP contribution in [0.4, 0.5) is 0 Å². The number of unbranched alkanes of at least 4 members (excludes halogenated alkanes) is 10. The van der Waals surface area contributed by atoms with Crippen LogP contribution in [0.3, 0.4) is 0 Å². The average molecular weight is 471 g/mol. The molecule has 0 aromatic heterocycles. The zero-order chi connectivity index (χ0) is 24.7. The smallest absolute Gasteiger partial charge is 0.239 e. The molecule has 0 fully saturated rings. The lowest BCUT2D eigenvalue weighted by Crippen LogP contribution is -2.44. The van der Waals surface area contributed by atoms with Gasteiger partial charge in [-0.25, -0.2) is 0 Å². The molecule has 2 atom stereocenters. The Morgan fingerprint density at radius 3 is 1.73 bits per heavy atom. The zero-order valence-corrected chi connectivity index (χ0v) is 20.6. The molecule has 194 valence electrons. The van der Waals surface area contributed by atoms with Gasteiger partial charge in [0, 0.05) is 13.0 Å². The minimum atomic E-state index is -0.588. The van der Waals surface area contributed by atoms with E-state index >= 15 is 0 Å². The van der Waals surface area contributed by atoms with E-state index in [1.54, 1.807) is 0 Å². The van der Waals surface area contributed by atoms with Crippen molar-refractivity contribution >= 4 is 17.7 Å². The first kappa shape index (κ1) is 31.3. The van der Waals surface area contributed by atoms with Crippen molar-refractivity contribution in [2.24, 2.45) is 22.9 Å². The van der Waals surface area contributed by atoms with Gasteiger partial charge in [-0.2, -0.15) is 0 Å². The standard InChI is InChI=1S/C24H50N6O3/c25-17-11-9-14-20(27)24(33)29-19-13-7-5-3-1-2-4-6-8-16-22(31)30-21(23(28)32)15-10-12-18-26/h20-21H,1-19,25-27H2,(H2,28,32)(H,29,33)(H,30,31). The van der Waals surface area contributed by atoms with Gasteiger partial charge in [-0.05, 0) is 58.0 Å². The summed E-state index contributed by atoms with van der Waals surface area (Å²) in [6.45, 7) is 1.90. The molecule has 0 spiro atoms. The van der Waals surface area contributed by atoms with Gasteiger partial charge >= 0.3 is 0 Å². The molecule has 3 amide bonds.